The highest BCUT2D eigenvalue weighted by atomic mass is 15.2. The van der Waals surface area contributed by atoms with Crippen LogP contribution >= 0.6 is 0 Å². The minimum atomic E-state index is 0.491. The summed E-state index contributed by atoms with van der Waals surface area (Å²) in [5.41, 5.74) is 0.491. The molecule has 2 heterocycles. The second-order valence-corrected chi connectivity index (χ2v) is 6.31. The largest absolute Gasteiger partial charge is 0.312 e. The van der Waals surface area contributed by atoms with Crippen LogP contribution in [-0.2, 0) is 0 Å². The molecule has 0 aliphatic carbocycles. The molecule has 0 amide bonds. The third-order valence-electron chi connectivity index (χ3n) is 4.47. The van der Waals surface area contributed by atoms with E-state index in [1.807, 2.05) is 0 Å². The quantitative estimate of drug-likeness (QED) is 0.776. The second kappa shape index (κ2) is 5.50. The minimum Gasteiger partial charge on any atom is -0.312 e. The van der Waals surface area contributed by atoms with Gasteiger partial charge in [0, 0.05) is 12.6 Å². The molecule has 0 bridgehead atoms. The fourth-order valence-corrected chi connectivity index (χ4v) is 3.16. The van der Waals surface area contributed by atoms with Crippen molar-refractivity contribution in [2.75, 3.05) is 26.2 Å². The van der Waals surface area contributed by atoms with Crippen LogP contribution < -0.4 is 5.32 Å². The summed E-state index contributed by atoms with van der Waals surface area (Å²) in [6, 6.07) is 0.708. The highest BCUT2D eigenvalue weighted by molar-refractivity contribution is 4.90. The summed E-state index contributed by atoms with van der Waals surface area (Å²) in [7, 11) is 0. The van der Waals surface area contributed by atoms with Gasteiger partial charge in [-0.15, -0.1) is 0 Å². The first-order valence-corrected chi connectivity index (χ1v) is 7.14. The van der Waals surface area contributed by atoms with Crippen LogP contribution in [0.3, 0.4) is 0 Å². The summed E-state index contributed by atoms with van der Waals surface area (Å²) in [4.78, 5) is 2.69. The molecule has 1 unspecified atom stereocenters. The van der Waals surface area contributed by atoms with Gasteiger partial charge in [-0.2, -0.15) is 0 Å². The van der Waals surface area contributed by atoms with Crippen LogP contribution in [0.1, 0.15) is 52.4 Å². The van der Waals surface area contributed by atoms with Gasteiger partial charge in [0.1, 0.15) is 0 Å². The summed E-state index contributed by atoms with van der Waals surface area (Å²) in [6.07, 6.45) is 8.44. The highest BCUT2D eigenvalue weighted by Gasteiger charge is 2.32. The van der Waals surface area contributed by atoms with Crippen LogP contribution in [0, 0.1) is 5.41 Å². The molecule has 2 heteroatoms. The van der Waals surface area contributed by atoms with Crippen LogP contribution in [0.15, 0.2) is 0 Å². The van der Waals surface area contributed by atoms with Crippen molar-refractivity contribution in [2.45, 2.75) is 58.4 Å². The number of hydrogen-bond donors (Lipinski definition) is 1. The molecule has 2 aliphatic heterocycles. The Bertz CT molecular complexity index is 205. The van der Waals surface area contributed by atoms with Crippen molar-refractivity contribution in [1.82, 2.24) is 10.2 Å². The zero-order valence-electron chi connectivity index (χ0n) is 11.1. The molecule has 16 heavy (non-hydrogen) atoms. The number of hydrogen-bond acceptors (Lipinski definition) is 2. The zero-order chi connectivity index (χ0) is 11.4. The summed E-state index contributed by atoms with van der Waals surface area (Å²) >= 11 is 0. The Morgan fingerprint density at radius 3 is 2.38 bits per heavy atom. The molecule has 2 fully saturated rings. The molecule has 0 radical (unpaired) electrons. The standard InChI is InChI=1S/C14H28N2/c1-14(2)8-7-9-15-13(14)12-16-10-5-3-4-6-11-16/h13,15H,3-12H2,1-2H3. The van der Waals surface area contributed by atoms with E-state index >= 15 is 0 Å². The van der Waals surface area contributed by atoms with Crippen molar-refractivity contribution in [3.8, 4) is 0 Å². The van der Waals surface area contributed by atoms with Gasteiger partial charge < -0.3 is 10.2 Å². The van der Waals surface area contributed by atoms with Gasteiger partial charge >= 0.3 is 0 Å². The topological polar surface area (TPSA) is 15.3 Å². The Kier molecular flexibility index (Phi) is 4.26. The average molecular weight is 224 g/mol. The smallest absolute Gasteiger partial charge is 0.0246 e. The van der Waals surface area contributed by atoms with Gasteiger partial charge in [-0.3, -0.25) is 0 Å². The summed E-state index contributed by atoms with van der Waals surface area (Å²) < 4.78 is 0. The van der Waals surface area contributed by atoms with E-state index in [0.29, 0.717) is 11.5 Å². The monoisotopic (exact) mass is 224 g/mol. The minimum absolute atomic E-state index is 0.491. The van der Waals surface area contributed by atoms with Crippen molar-refractivity contribution in [1.29, 1.82) is 0 Å². The molecule has 0 aromatic heterocycles. The fraction of sp³-hybridized carbons (Fsp3) is 1.00. The Morgan fingerprint density at radius 2 is 1.75 bits per heavy atom. The normalized spacial score (nSPS) is 32.2. The lowest BCUT2D eigenvalue weighted by Gasteiger charge is -2.42. The first-order valence-electron chi connectivity index (χ1n) is 7.14. The van der Waals surface area contributed by atoms with Gasteiger partial charge in [0.25, 0.3) is 0 Å². The summed E-state index contributed by atoms with van der Waals surface area (Å²) in [5.74, 6) is 0. The maximum absolute atomic E-state index is 3.74. The van der Waals surface area contributed by atoms with E-state index in [0.717, 1.165) is 0 Å². The Morgan fingerprint density at radius 1 is 1.06 bits per heavy atom. The number of nitrogens with one attached hydrogen (secondary N) is 1. The molecule has 0 saturated carbocycles. The Balaban J connectivity index is 1.86. The van der Waals surface area contributed by atoms with Crippen LogP contribution in [0.4, 0.5) is 0 Å². The highest BCUT2D eigenvalue weighted by Crippen LogP contribution is 2.30. The van der Waals surface area contributed by atoms with Gasteiger partial charge in [-0.1, -0.05) is 26.7 Å². The molecule has 0 spiro atoms. The maximum Gasteiger partial charge on any atom is 0.0246 e. The van der Waals surface area contributed by atoms with Crippen molar-refractivity contribution < 1.29 is 0 Å². The molecule has 1 atom stereocenters. The first kappa shape index (κ1) is 12.4. The van der Waals surface area contributed by atoms with Gasteiger partial charge in [-0.05, 0) is 50.7 Å². The summed E-state index contributed by atoms with van der Waals surface area (Å²) in [5, 5.41) is 3.74. The fourth-order valence-electron chi connectivity index (χ4n) is 3.16. The van der Waals surface area contributed by atoms with Gasteiger partial charge in [-0.25, -0.2) is 0 Å². The van der Waals surface area contributed by atoms with Gasteiger partial charge in [0.15, 0.2) is 0 Å². The van der Waals surface area contributed by atoms with Gasteiger partial charge in [0.05, 0.1) is 0 Å². The van der Waals surface area contributed by atoms with Crippen LogP contribution in [0.25, 0.3) is 0 Å². The van der Waals surface area contributed by atoms with E-state index in [2.05, 4.69) is 24.1 Å². The molecular formula is C14H28N2. The second-order valence-electron chi connectivity index (χ2n) is 6.31. The van der Waals surface area contributed by atoms with Crippen molar-refractivity contribution in [3.05, 3.63) is 0 Å². The molecule has 0 aromatic carbocycles. The molecule has 2 rings (SSSR count). The van der Waals surface area contributed by atoms with E-state index in [-0.39, 0.29) is 0 Å². The molecule has 0 aromatic rings. The lowest BCUT2D eigenvalue weighted by atomic mass is 9.77. The van der Waals surface area contributed by atoms with Crippen molar-refractivity contribution >= 4 is 0 Å². The third-order valence-corrected chi connectivity index (χ3v) is 4.47. The van der Waals surface area contributed by atoms with Crippen molar-refractivity contribution in [3.63, 3.8) is 0 Å². The lowest BCUT2D eigenvalue weighted by molar-refractivity contribution is 0.128. The SMILES string of the molecule is CC1(C)CCCNC1CN1CCCCCC1. The van der Waals surface area contributed by atoms with Crippen molar-refractivity contribution in [2.24, 2.45) is 5.41 Å². The maximum atomic E-state index is 3.74. The molecule has 2 saturated heterocycles. The van der Waals surface area contributed by atoms with E-state index in [1.165, 1.54) is 64.7 Å². The lowest BCUT2D eigenvalue weighted by Crippen LogP contribution is -2.53. The van der Waals surface area contributed by atoms with E-state index in [9.17, 15) is 0 Å². The molecule has 94 valence electrons. The molecule has 2 nitrogen and oxygen atoms in total. The Labute approximate surface area is 101 Å². The zero-order valence-corrected chi connectivity index (χ0v) is 11.1. The molecule has 2 aliphatic rings. The van der Waals surface area contributed by atoms with Crippen LogP contribution in [0.5, 0.6) is 0 Å². The Hall–Kier alpha value is -0.0800. The first-order chi connectivity index (χ1) is 7.68. The summed E-state index contributed by atoms with van der Waals surface area (Å²) in [6.45, 7) is 10.0. The predicted molar refractivity (Wildman–Crippen MR) is 69.7 cm³/mol. The van der Waals surface area contributed by atoms with E-state index in [1.54, 1.807) is 0 Å². The predicted octanol–water partition coefficient (Wildman–Crippen LogP) is 2.64. The van der Waals surface area contributed by atoms with Crippen LogP contribution in [0.2, 0.25) is 0 Å². The average Bonchev–Trinajstić information content (AvgIpc) is 2.49. The number of piperidine rings is 1. The number of nitrogens with zero attached hydrogens (tertiary/aromatic N) is 1. The van der Waals surface area contributed by atoms with E-state index < -0.39 is 0 Å². The number of likely N-dealkylation sites (tertiary alicyclic amines) is 1. The van der Waals surface area contributed by atoms with Gasteiger partial charge in [0.2, 0.25) is 0 Å². The molecular weight excluding hydrogens is 196 g/mol. The van der Waals surface area contributed by atoms with Crippen LogP contribution in [-0.4, -0.2) is 37.1 Å². The third kappa shape index (κ3) is 3.21. The van der Waals surface area contributed by atoms with E-state index in [4.69, 9.17) is 0 Å². The molecule has 1 N–H and O–H groups in total. The number of rotatable bonds is 2.